The van der Waals surface area contributed by atoms with E-state index in [1.54, 1.807) is 34.7 Å². The van der Waals surface area contributed by atoms with E-state index in [1.807, 2.05) is 0 Å². The fourth-order valence-electron chi connectivity index (χ4n) is 2.56. The smallest absolute Gasteiger partial charge is 0.270 e. The van der Waals surface area contributed by atoms with E-state index < -0.39 is 10.0 Å². The minimum Gasteiger partial charge on any atom is -0.356 e. The Morgan fingerprint density at radius 3 is 2.70 bits per heavy atom. The molecule has 3 heterocycles. The number of halogens is 1. The molecular weight excluding hydrogens is 358 g/mol. The van der Waals surface area contributed by atoms with Gasteiger partial charge in [-0.1, -0.05) is 17.7 Å². The third kappa shape index (κ3) is 3.77. The van der Waals surface area contributed by atoms with E-state index in [4.69, 9.17) is 11.6 Å². The fourth-order valence-corrected chi connectivity index (χ4v) is 5.03. The molecule has 0 saturated carbocycles. The fraction of sp³-hybridized carbons (Fsp3) is 0.357. The molecule has 2 aromatic rings. The second-order valence-corrected chi connectivity index (χ2v) is 8.68. The molecule has 3 rings (SSSR count). The first-order valence-electron chi connectivity index (χ1n) is 7.15. The molecule has 0 atom stereocenters. The monoisotopic (exact) mass is 373 g/mol. The number of sulfonamides is 1. The van der Waals surface area contributed by atoms with Crippen LogP contribution in [0.15, 0.2) is 34.0 Å². The first kappa shape index (κ1) is 16.5. The maximum Gasteiger partial charge on any atom is 0.270 e. The number of thiophene rings is 1. The number of H-pyrrole nitrogens is 1. The Labute approximate surface area is 143 Å². The lowest BCUT2D eigenvalue weighted by atomic mass is 10.1. The highest BCUT2D eigenvalue weighted by atomic mass is 35.5. The van der Waals surface area contributed by atoms with Crippen molar-refractivity contribution in [2.75, 3.05) is 13.1 Å². The van der Waals surface area contributed by atoms with E-state index in [9.17, 15) is 13.2 Å². The van der Waals surface area contributed by atoms with Crippen molar-refractivity contribution in [3.8, 4) is 0 Å². The van der Waals surface area contributed by atoms with Gasteiger partial charge < -0.3 is 9.88 Å². The topological polar surface area (TPSA) is 82.3 Å². The van der Waals surface area contributed by atoms with Gasteiger partial charge in [-0.15, -0.1) is 11.3 Å². The van der Waals surface area contributed by atoms with Crippen molar-refractivity contribution in [3.05, 3.63) is 40.5 Å². The second-order valence-electron chi connectivity index (χ2n) is 5.35. The van der Waals surface area contributed by atoms with E-state index >= 15 is 0 Å². The Bertz CT molecular complexity index is 778. The lowest BCUT2D eigenvalue weighted by molar-refractivity contribution is 0.0706. The Kier molecular flexibility index (Phi) is 4.77. The summed E-state index contributed by atoms with van der Waals surface area (Å²) in [5, 5.41) is 2.23. The van der Waals surface area contributed by atoms with Crippen molar-refractivity contribution >= 4 is 38.9 Å². The van der Waals surface area contributed by atoms with E-state index in [0.717, 1.165) is 0 Å². The maximum absolute atomic E-state index is 12.3. The zero-order valence-electron chi connectivity index (χ0n) is 12.2. The zero-order chi connectivity index (χ0) is 16.4. The molecule has 1 aliphatic heterocycles. The SMILES string of the molecule is O=C(c1cc(Cl)c[nH]1)N1CCC(NS(=O)(=O)c2cccs2)CC1. The van der Waals surface area contributed by atoms with Crippen LogP contribution < -0.4 is 4.72 Å². The quantitative estimate of drug-likeness (QED) is 0.862. The van der Waals surface area contributed by atoms with Gasteiger partial charge >= 0.3 is 0 Å². The van der Waals surface area contributed by atoms with Crippen molar-refractivity contribution in [2.24, 2.45) is 0 Å². The summed E-state index contributed by atoms with van der Waals surface area (Å²) in [5.74, 6) is -0.114. The minimum atomic E-state index is -3.46. The third-order valence-corrected chi connectivity index (χ3v) is 6.88. The van der Waals surface area contributed by atoms with Gasteiger partial charge in [0.15, 0.2) is 0 Å². The number of aromatic nitrogens is 1. The summed E-state index contributed by atoms with van der Waals surface area (Å²) >= 11 is 7.00. The van der Waals surface area contributed by atoms with E-state index in [-0.39, 0.29) is 11.9 Å². The molecule has 9 heteroatoms. The molecule has 124 valence electrons. The molecule has 0 spiro atoms. The molecule has 23 heavy (non-hydrogen) atoms. The first-order valence-corrected chi connectivity index (χ1v) is 9.89. The standard InChI is InChI=1S/C14H16ClN3O3S2/c15-10-8-12(16-9-10)14(19)18-5-3-11(4-6-18)17-23(20,21)13-2-1-7-22-13/h1-2,7-9,11,16-17H,3-6H2. The number of hydrogen-bond acceptors (Lipinski definition) is 4. The summed E-state index contributed by atoms with van der Waals surface area (Å²) in [4.78, 5) is 16.8. The number of nitrogens with one attached hydrogen (secondary N) is 2. The lowest BCUT2D eigenvalue weighted by Gasteiger charge is -2.31. The van der Waals surface area contributed by atoms with Crippen LogP contribution in [-0.2, 0) is 10.0 Å². The number of nitrogens with zero attached hydrogens (tertiary/aromatic N) is 1. The first-order chi connectivity index (χ1) is 11.0. The van der Waals surface area contributed by atoms with Crippen molar-refractivity contribution in [2.45, 2.75) is 23.1 Å². The molecule has 1 amide bonds. The molecule has 1 fully saturated rings. The molecule has 1 saturated heterocycles. The summed E-state index contributed by atoms with van der Waals surface area (Å²) in [5.41, 5.74) is 0.451. The Balaban J connectivity index is 1.57. The predicted molar refractivity (Wildman–Crippen MR) is 89.4 cm³/mol. The summed E-state index contributed by atoms with van der Waals surface area (Å²) < 4.78 is 27.4. The highest BCUT2D eigenvalue weighted by molar-refractivity contribution is 7.91. The Morgan fingerprint density at radius 1 is 1.39 bits per heavy atom. The third-order valence-electron chi connectivity index (χ3n) is 3.74. The highest BCUT2D eigenvalue weighted by Gasteiger charge is 2.27. The number of hydrogen-bond donors (Lipinski definition) is 2. The van der Waals surface area contributed by atoms with E-state index in [1.165, 1.54) is 11.3 Å². The molecular formula is C14H16ClN3O3S2. The molecule has 0 aliphatic carbocycles. The summed E-state index contributed by atoms with van der Waals surface area (Å²) in [6, 6.07) is 4.73. The van der Waals surface area contributed by atoms with E-state index in [0.29, 0.717) is 40.9 Å². The van der Waals surface area contributed by atoms with Crippen LogP contribution in [0.25, 0.3) is 0 Å². The molecule has 0 unspecified atom stereocenters. The van der Waals surface area contributed by atoms with Crippen LogP contribution in [0.1, 0.15) is 23.3 Å². The van der Waals surface area contributed by atoms with E-state index in [2.05, 4.69) is 9.71 Å². The second kappa shape index (κ2) is 6.64. The van der Waals surface area contributed by atoms with Crippen LogP contribution in [0, 0.1) is 0 Å². The van der Waals surface area contributed by atoms with Crippen molar-refractivity contribution in [1.29, 1.82) is 0 Å². The molecule has 0 bridgehead atoms. The van der Waals surface area contributed by atoms with Crippen LogP contribution in [0.2, 0.25) is 5.02 Å². The number of piperidine rings is 1. The van der Waals surface area contributed by atoms with Gasteiger partial charge in [0.05, 0.1) is 5.02 Å². The number of carbonyl (C=O) groups excluding carboxylic acids is 1. The molecule has 1 aliphatic rings. The number of amides is 1. The van der Waals surface area contributed by atoms with Crippen molar-refractivity contribution in [3.63, 3.8) is 0 Å². The zero-order valence-corrected chi connectivity index (χ0v) is 14.5. The van der Waals surface area contributed by atoms with Crippen molar-refractivity contribution < 1.29 is 13.2 Å². The summed E-state index contributed by atoms with van der Waals surface area (Å²) in [6.07, 6.45) is 2.74. The van der Waals surface area contributed by atoms with Crippen LogP contribution >= 0.6 is 22.9 Å². The van der Waals surface area contributed by atoms with Gasteiger partial charge in [-0.25, -0.2) is 13.1 Å². The summed E-state index contributed by atoms with van der Waals surface area (Å²) in [6.45, 7) is 1.01. The van der Waals surface area contributed by atoms with Gasteiger partial charge in [0.2, 0.25) is 10.0 Å². The highest BCUT2D eigenvalue weighted by Crippen LogP contribution is 2.20. The predicted octanol–water partition coefficient (Wildman–Crippen LogP) is 2.31. The normalized spacial score (nSPS) is 16.7. The van der Waals surface area contributed by atoms with Gasteiger partial charge in [-0.05, 0) is 30.4 Å². The molecule has 2 aromatic heterocycles. The average Bonchev–Trinajstić information content (AvgIpc) is 3.18. The Hall–Kier alpha value is -1.35. The molecule has 2 N–H and O–H groups in total. The van der Waals surface area contributed by atoms with Crippen LogP contribution in [-0.4, -0.2) is 43.3 Å². The molecule has 0 aromatic carbocycles. The average molecular weight is 374 g/mol. The lowest BCUT2D eigenvalue weighted by Crippen LogP contribution is -2.46. The van der Waals surface area contributed by atoms with Crippen LogP contribution in [0.4, 0.5) is 0 Å². The van der Waals surface area contributed by atoms with Crippen molar-refractivity contribution in [1.82, 2.24) is 14.6 Å². The number of carbonyl (C=O) groups is 1. The molecule has 6 nitrogen and oxygen atoms in total. The number of rotatable bonds is 4. The number of likely N-dealkylation sites (tertiary alicyclic amines) is 1. The Morgan fingerprint density at radius 2 is 2.13 bits per heavy atom. The van der Waals surface area contributed by atoms with Gasteiger partial charge in [0, 0.05) is 25.3 Å². The molecule has 0 radical (unpaired) electrons. The number of aromatic amines is 1. The largest absolute Gasteiger partial charge is 0.356 e. The van der Waals surface area contributed by atoms with Gasteiger partial charge in [0.25, 0.3) is 5.91 Å². The minimum absolute atomic E-state index is 0.114. The van der Waals surface area contributed by atoms with Gasteiger partial charge in [-0.2, -0.15) is 0 Å². The maximum atomic E-state index is 12.3. The van der Waals surface area contributed by atoms with Crippen LogP contribution in [0.5, 0.6) is 0 Å². The van der Waals surface area contributed by atoms with Gasteiger partial charge in [0.1, 0.15) is 9.90 Å². The van der Waals surface area contributed by atoms with Gasteiger partial charge in [-0.3, -0.25) is 4.79 Å². The van der Waals surface area contributed by atoms with Crippen LogP contribution in [0.3, 0.4) is 0 Å². The summed E-state index contributed by atoms with van der Waals surface area (Å²) in [7, 11) is -3.46.